The smallest absolute Gasteiger partial charge is 0.335 e. The van der Waals surface area contributed by atoms with Gasteiger partial charge in [0.15, 0.2) is 5.43 Å². The molecule has 2 heterocycles. The van der Waals surface area contributed by atoms with Crippen LogP contribution >= 0.6 is 0 Å². The number of hydrogen-bond donors (Lipinski definition) is 1. The zero-order valence-corrected chi connectivity index (χ0v) is 14.4. The third kappa shape index (κ3) is 3.22. The number of carboxylic acids is 1. The number of hydrogen-bond acceptors (Lipinski definition) is 3. The molecule has 5 nitrogen and oxygen atoms in total. The Morgan fingerprint density at radius 2 is 1.70 bits per heavy atom. The summed E-state index contributed by atoms with van der Waals surface area (Å²) in [5, 5.41) is 9.59. The number of aromatic carboxylic acids is 1. The summed E-state index contributed by atoms with van der Waals surface area (Å²) < 4.78 is 1.91. The Hall–Kier alpha value is -3.73. The maximum Gasteiger partial charge on any atom is 0.335 e. The maximum absolute atomic E-state index is 12.9. The topological polar surface area (TPSA) is 72.2 Å². The Morgan fingerprint density at radius 3 is 2.41 bits per heavy atom. The van der Waals surface area contributed by atoms with E-state index in [-0.39, 0.29) is 11.0 Å². The van der Waals surface area contributed by atoms with Crippen molar-refractivity contribution in [2.75, 3.05) is 0 Å². The molecule has 4 aromatic rings. The Kier molecular flexibility index (Phi) is 4.26. The monoisotopic (exact) mass is 356 g/mol. The van der Waals surface area contributed by atoms with Gasteiger partial charge < -0.3 is 9.67 Å². The fourth-order valence-electron chi connectivity index (χ4n) is 3.11. The zero-order valence-electron chi connectivity index (χ0n) is 14.4. The van der Waals surface area contributed by atoms with Gasteiger partial charge in [0.2, 0.25) is 0 Å². The van der Waals surface area contributed by atoms with Crippen LogP contribution in [0.5, 0.6) is 0 Å². The average molecular weight is 356 g/mol. The van der Waals surface area contributed by atoms with Gasteiger partial charge in [0.05, 0.1) is 10.9 Å². The van der Waals surface area contributed by atoms with E-state index < -0.39 is 5.97 Å². The minimum atomic E-state index is -0.968. The van der Waals surface area contributed by atoms with Gasteiger partial charge in [0.1, 0.15) is 5.65 Å². The van der Waals surface area contributed by atoms with E-state index >= 15 is 0 Å². The molecule has 0 aliphatic heterocycles. The highest BCUT2D eigenvalue weighted by atomic mass is 16.4. The van der Waals surface area contributed by atoms with Crippen LogP contribution < -0.4 is 5.43 Å². The van der Waals surface area contributed by atoms with Crippen LogP contribution in [0.4, 0.5) is 0 Å². The van der Waals surface area contributed by atoms with E-state index in [2.05, 4.69) is 4.98 Å². The normalized spacial score (nSPS) is 10.8. The summed E-state index contributed by atoms with van der Waals surface area (Å²) in [6, 6.07) is 19.9. The third-order valence-electron chi connectivity index (χ3n) is 4.47. The van der Waals surface area contributed by atoms with Gasteiger partial charge in [0.25, 0.3) is 0 Å². The molecule has 2 aromatic heterocycles. The minimum Gasteiger partial charge on any atom is -0.478 e. The van der Waals surface area contributed by atoms with Gasteiger partial charge in [-0.1, -0.05) is 30.3 Å². The second kappa shape index (κ2) is 6.88. The number of carbonyl (C=O) groups is 1. The summed E-state index contributed by atoms with van der Waals surface area (Å²) in [6.45, 7) is 0. The largest absolute Gasteiger partial charge is 0.478 e. The van der Waals surface area contributed by atoms with Crippen LogP contribution in [0.25, 0.3) is 16.7 Å². The molecule has 0 spiro atoms. The molecule has 0 amide bonds. The lowest BCUT2D eigenvalue weighted by Crippen LogP contribution is -2.15. The lowest BCUT2D eigenvalue weighted by molar-refractivity contribution is 0.0697. The fourth-order valence-corrected chi connectivity index (χ4v) is 3.11. The number of benzene rings is 2. The van der Waals surface area contributed by atoms with E-state index in [1.54, 1.807) is 42.6 Å². The van der Waals surface area contributed by atoms with E-state index in [4.69, 9.17) is 5.11 Å². The number of aromatic nitrogens is 2. The van der Waals surface area contributed by atoms with Gasteiger partial charge in [-0.3, -0.25) is 4.79 Å². The standard InChI is InChI=1S/C22H16N2O3/c25-20-17(13-15-8-10-16(11-9-15)22(26)27)14-24(18-5-2-1-3-6-18)21-19(20)7-4-12-23-21/h1-12,14H,13H2,(H,26,27). The van der Waals surface area contributed by atoms with Crippen LogP contribution in [-0.4, -0.2) is 20.6 Å². The SMILES string of the molecule is O=C(O)c1ccc(Cc2cn(-c3ccccc3)c3ncccc3c2=O)cc1. The van der Waals surface area contributed by atoms with Crippen LogP contribution in [0, 0.1) is 0 Å². The third-order valence-corrected chi connectivity index (χ3v) is 4.47. The Morgan fingerprint density at radius 1 is 0.963 bits per heavy atom. The first kappa shape index (κ1) is 16.7. The van der Waals surface area contributed by atoms with Gasteiger partial charge >= 0.3 is 5.97 Å². The van der Waals surface area contributed by atoms with Crippen LogP contribution in [0.15, 0.2) is 83.9 Å². The second-order valence-electron chi connectivity index (χ2n) is 6.24. The van der Waals surface area contributed by atoms with Crippen LogP contribution in [0.1, 0.15) is 21.5 Å². The maximum atomic E-state index is 12.9. The molecule has 0 saturated heterocycles. The Balaban J connectivity index is 1.85. The van der Waals surface area contributed by atoms with Crippen molar-refractivity contribution in [1.82, 2.24) is 9.55 Å². The molecular formula is C22H16N2O3. The quantitative estimate of drug-likeness (QED) is 0.605. The van der Waals surface area contributed by atoms with Crippen LogP contribution in [-0.2, 0) is 6.42 Å². The number of rotatable bonds is 4. The molecule has 5 heteroatoms. The van der Waals surface area contributed by atoms with E-state index in [9.17, 15) is 9.59 Å². The van der Waals surface area contributed by atoms with Crippen molar-refractivity contribution in [3.05, 3.63) is 106 Å². The van der Waals surface area contributed by atoms with Crippen LogP contribution in [0.3, 0.4) is 0 Å². The molecule has 0 saturated carbocycles. The van der Waals surface area contributed by atoms with E-state index in [0.29, 0.717) is 23.0 Å². The summed E-state index contributed by atoms with van der Waals surface area (Å²) in [4.78, 5) is 28.4. The van der Waals surface area contributed by atoms with Crippen molar-refractivity contribution in [2.24, 2.45) is 0 Å². The lowest BCUT2D eigenvalue weighted by Gasteiger charge is -2.13. The summed E-state index contributed by atoms with van der Waals surface area (Å²) in [5.41, 5.74) is 3.19. The Labute approximate surface area is 155 Å². The zero-order chi connectivity index (χ0) is 18.8. The molecule has 0 radical (unpaired) electrons. The van der Waals surface area contributed by atoms with Crippen molar-refractivity contribution in [1.29, 1.82) is 0 Å². The molecule has 27 heavy (non-hydrogen) atoms. The van der Waals surface area contributed by atoms with Gasteiger partial charge in [0, 0.05) is 30.1 Å². The molecule has 4 rings (SSSR count). The van der Waals surface area contributed by atoms with E-state index in [0.717, 1.165) is 11.3 Å². The van der Waals surface area contributed by atoms with Gasteiger partial charge in [-0.25, -0.2) is 9.78 Å². The molecule has 0 bridgehead atoms. The molecule has 0 atom stereocenters. The summed E-state index contributed by atoms with van der Waals surface area (Å²) in [7, 11) is 0. The summed E-state index contributed by atoms with van der Waals surface area (Å²) >= 11 is 0. The predicted octanol–water partition coefficient (Wildman–Crippen LogP) is 3.67. The highest BCUT2D eigenvalue weighted by molar-refractivity contribution is 5.87. The van der Waals surface area contributed by atoms with Crippen molar-refractivity contribution >= 4 is 17.0 Å². The molecule has 0 fully saturated rings. The first-order valence-electron chi connectivity index (χ1n) is 8.50. The molecule has 2 aromatic carbocycles. The number of nitrogens with zero attached hydrogens (tertiary/aromatic N) is 2. The van der Waals surface area contributed by atoms with Gasteiger partial charge in [-0.2, -0.15) is 0 Å². The van der Waals surface area contributed by atoms with Crippen molar-refractivity contribution in [2.45, 2.75) is 6.42 Å². The Bertz CT molecular complexity index is 1180. The van der Waals surface area contributed by atoms with Crippen molar-refractivity contribution in [3.63, 3.8) is 0 Å². The predicted molar refractivity (Wildman–Crippen MR) is 104 cm³/mol. The number of carboxylic acid groups (broad SMARTS) is 1. The van der Waals surface area contributed by atoms with E-state index in [1.807, 2.05) is 41.1 Å². The molecule has 132 valence electrons. The first-order chi connectivity index (χ1) is 13.1. The number of para-hydroxylation sites is 1. The van der Waals surface area contributed by atoms with Gasteiger partial charge in [-0.05, 0) is 42.0 Å². The molecular weight excluding hydrogens is 340 g/mol. The fraction of sp³-hybridized carbons (Fsp3) is 0.0455. The molecule has 0 aliphatic rings. The van der Waals surface area contributed by atoms with Crippen molar-refractivity contribution in [3.8, 4) is 5.69 Å². The number of fused-ring (bicyclic) bond motifs is 1. The van der Waals surface area contributed by atoms with E-state index in [1.165, 1.54) is 0 Å². The molecule has 0 aliphatic carbocycles. The second-order valence-corrected chi connectivity index (χ2v) is 6.24. The van der Waals surface area contributed by atoms with Crippen LogP contribution in [0.2, 0.25) is 0 Å². The minimum absolute atomic E-state index is 0.0624. The number of pyridine rings is 2. The first-order valence-corrected chi connectivity index (χ1v) is 8.50. The highest BCUT2D eigenvalue weighted by Gasteiger charge is 2.12. The summed E-state index contributed by atoms with van der Waals surface area (Å²) in [5.74, 6) is -0.968. The average Bonchev–Trinajstić information content (AvgIpc) is 2.71. The summed E-state index contributed by atoms with van der Waals surface area (Å²) in [6.07, 6.45) is 3.90. The molecule has 0 unspecified atom stereocenters. The lowest BCUT2D eigenvalue weighted by atomic mass is 10.0. The highest BCUT2D eigenvalue weighted by Crippen LogP contribution is 2.17. The molecule has 1 N–H and O–H groups in total. The van der Waals surface area contributed by atoms with Crippen molar-refractivity contribution < 1.29 is 9.90 Å². The van der Waals surface area contributed by atoms with Gasteiger partial charge in [-0.15, -0.1) is 0 Å².